The van der Waals surface area contributed by atoms with Crippen LogP contribution in [0.4, 0.5) is 0 Å². The number of nitrogens with zero attached hydrogens (tertiary/aromatic N) is 2. The van der Waals surface area contributed by atoms with Crippen LogP contribution in [0, 0.1) is 0 Å². The number of aryl methyl sites for hydroxylation is 1. The molecule has 1 aromatic rings. The fraction of sp³-hybridized carbons (Fsp3) is 0.417. The number of carboxylic acid groups (broad SMARTS) is 1. The molecule has 0 aromatic carbocycles. The number of aromatic nitrogens is 1. The number of rotatable bonds is 6. The zero-order chi connectivity index (χ0) is 12.7. The van der Waals surface area contributed by atoms with Crippen LogP contribution in [0.25, 0.3) is 0 Å². The van der Waals surface area contributed by atoms with Crippen molar-refractivity contribution in [1.29, 1.82) is 0 Å². The van der Waals surface area contributed by atoms with Gasteiger partial charge in [0.25, 0.3) is 0 Å². The molecule has 0 saturated carbocycles. The van der Waals surface area contributed by atoms with E-state index in [4.69, 9.17) is 5.11 Å². The van der Waals surface area contributed by atoms with Crippen LogP contribution in [0.15, 0.2) is 30.6 Å². The van der Waals surface area contributed by atoms with Gasteiger partial charge in [0.1, 0.15) is 0 Å². The third-order valence-electron chi connectivity index (χ3n) is 2.45. The van der Waals surface area contributed by atoms with Crippen molar-refractivity contribution in [3.8, 4) is 0 Å². The van der Waals surface area contributed by atoms with Crippen molar-refractivity contribution in [2.45, 2.75) is 19.4 Å². The molecule has 1 aromatic heterocycles. The SMILES string of the molecule is CN(CCC(=O)O)C(=O)CC[n+]1ccccc1. The third kappa shape index (κ3) is 5.10. The number of amides is 1. The van der Waals surface area contributed by atoms with Crippen molar-refractivity contribution < 1.29 is 19.3 Å². The van der Waals surface area contributed by atoms with Gasteiger partial charge in [-0.1, -0.05) is 6.07 Å². The van der Waals surface area contributed by atoms with Crippen LogP contribution in [-0.2, 0) is 16.1 Å². The van der Waals surface area contributed by atoms with Crippen molar-refractivity contribution in [2.75, 3.05) is 13.6 Å². The molecular weight excluding hydrogens is 220 g/mol. The van der Waals surface area contributed by atoms with E-state index in [2.05, 4.69) is 0 Å². The van der Waals surface area contributed by atoms with Gasteiger partial charge in [0.15, 0.2) is 18.9 Å². The average molecular weight is 237 g/mol. The summed E-state index contributed by atoms with van der Waals surface area (Å²) in [5.74, 6) is -0.926. The van der Waals surface area contributed by atoms with Crippen molar-refractivity contribution in [1.82, 2.24) is 4.90 Å². The van der Waals surface area contributed by atoms with Gasteiger partial charge in [-0.3, -0.25) is 9.59 Å². The molecule has 1 rings (SSSR count). The van der Waals surface area contributed by atoms with E-state index in [1.807, 2.05) is 35.2 Å². The largest absolute Gasteiger partial charge is 0.481 e. The maximum Gasteiger partial charge on any atom is 0.305 e. The van der Waals surface area contributed by atoms with E-state index < -0.39 is 5.97 Å². The molecule has 0 atom stereocenters. The number of carbonyl (C=O) groups excluding carboxylic acids is 1. The predicted octanol–water partition coefficient (Wildman–Crippen LogP) is 0.297. The standard InChI is InChI=1S/C12H16N2O3/c1-13(9-6-12(16)17)11(15)5-10-14-7-3-2-4-8-14/h2-4,7-8H,5-6,9-10H2,1H3/p+1. The molecule has 0 unspecified atom stereocenters. The van der Waals surface area contributed by atoms with Gasteiger partial charge in [-0.2, -0.15) is 0 Å². The summed E-state index contributed by atoms with van der Waals surface area (Å²) >= 11 is 0. The number of pyridine rings is 1. The minimum absolute atomic E-state index is 0.0132. The highest BCUT2D eigenvalue weighted by molar-refractivity contribution is 5.76. The number of hydrogen-bond donors (Lipinski definition) is 1. The zero-order valence-electron chi connectivity index (χ0n) is 9.87. The Hall–Kier alpha value is -1.91. The van der Waals surface area contributed by atoms with Gasteiger partial charge < -0.3 is 10.0 Å². The summed E-state index contributed by atoms with van der Waals surface area (Å²) in [4.78, 5) is 23.5. The van der Waals surface area contributed by atoms with Crippen LogP contribution in [-0.4, -0.2) is 35.5 Å². The van der Waals surface area contributed by atoms with Crippen molar-refractivity contribution in [3.05, 3.63) is 30.6 Å². The fourth-order valence-corrected chi connectivity index (χ4v) is 1.39. The van der Waals surface area contributed by atoms with Gasteiger partial charge in [0.2, 0.25) is 5.91 Å². The number of carboxylic acids is 1. The topological polar surface area (TPSA) is 61.5 Å². The summed E-state index contributed by atoms with van der Waals surface area (Å²) in [6.45, 7) is 0.866. The molecule has 0 aliphatic carbocycles. The maximum absolute atomic E-state index is 11.6. The van der Waals surface area contributed by atoms with Crippen molar-refractivity contribution >= 4 is 11.9 Å². The highest BCUT2D eigenvalue weighted by Gasteiger charge is 2.12. The number of aliphatic carboxylic acids is 1. The molecule has 0 radical (unpaired) electrons. The number of carbonyl (C=O) groups is 2. The van der Waals surface area contributed by atoms with E-state index >= 15 is 0 Å². The molecule has 5 nitrogen and oxygen atoms in total. The Bertz CT molecular complexity index is 379. The molecular formula is C12H17N2O3+. The lowest BCUT2D eigenvalue weighted by molar-refractivity contribution is -0.695. The van der Waals surface area contributed by atoms with Gasteiger partial charge in [-0.15, -0.1) is 0 Å². The maximum atomic E-state index is 11.6. The average Bonchev–Trinajstić information content (AvgIpc) is 2.34. The molecule has 92 valence electrons. The quantitative estimate of drug-likeness (QED) is 0.724. The van der Waals surface area contributed by atoms with Crippen LogP contribution in [0.2, 0.25) is 0 Å². The molecule has 0 aliphatic heterocycles. The minimum atomic E-state index is -0.887. The molecule has 0 spiro atoms. The molecule has 1 amide bonds. The Labute approximate surface area is 100 Å². The first-order valence-electron chi connectivity index (χ1n) is 5.49. The van der Waals surface area contributed by atoms with Gasteiger partial charge >= 0.3 is 5.97 Å². The molecule has 5 heteroatoms. The lowest BCUT2D eigenvalue weighted by atomic mass is 10.3. The van der Waals surface area contributed by atoms with E-state index in [0.717, 1.165) is 0 Å². The first kappa shape index (κ1) is 13.2. The summed E-state index contributed by atoms with van der Waals surface area (Å²) in [5, 5.41) is 8.51. The molecule has 0 fully saturated rings. The second-order valence-electron chi connectivity index (χ2n) is 3.82. The Morgan fingerprint density at radius 2 is 1.82 bits per heavy atom. The normalized spacial score (nSPS) is 9.94. The van der Waals surface area contributed by atoms with Crippen LogP contribution < -0.4 is 4.57 Å². The Balaban J connectivity index is 2.32. The van der Waals surface area contributed by atoms with Crippen molar-refractivity contribution in [2.24, 2.45) is 0 Å². The second kappa shape index (κ2) is 6.62. The van der Waals surface area contributed by atoms with Crippen LogP contribution in [0.5, 0.6) is 0 Å². The van der Waals surface area contributed by atoms with Gasteiger partial charge in [-0.25, -0.2) is 4.57 Å². The van der Waals surface area contributed by atoms with Crippen LogP contribution in [0.1, 0.15) is 12.8 Å². The van der Waals surface area contributed by atoms with Crippen LogP contribution in [0.3, 0.4) is 0 Å². The van der Waals surface area contributed by atoms with E-state index in [0.29, 0.717) is 13.0 Å². The molecule has 17 heavy (non-hydrogen) atoms. The third-order valence-corrected chi connectivity index (χ3v) is 2.45. The highest BCUT2D eigenvalue weighted by Crippen LogP contribution is 1.93. The van der Waals surface area contributed by atoms with Crippen molar-refractivity contribution in [3.63, 3.8) is 0 Å². The monoisotopic (exact) mass is 237 g/mol. The Kier molecular flexibility index (Phi) is 5.13. The molecule has 0 saturated heterocycles. The van der Waals surface area contributed by atoms with Gasteiger partial charge in [-0.05, 0) is 0 Å². The van der Waals surface area contributed by atoms with E-state index in [1.165, 1.54) is 4.90 Å². The van der Waals surface area contributed by atoms with E-state index in [9.17, 15) is 9.59 Å². The second-order valence-corrected chi connectivity index (χ2v) is 3.82. The lowest BCUT2D eigenvalue weighted by Gasteiger charge is -2.14. The first-order valence-corrected chi connectivity index (χ1v) is 5.49. The molecule has 1 heterocycles. The van der Waals surface area contributed by atoms with Gasteiger partial charge in [0, 0.05) is 25.7 Å². The minimum Gasteiger partial charge on any atom is -0.481 e. The van der Waals surface area contributed by atoms with E-state index in [1.54, 1.807) is 7.05 Å². The predicted molar refractivity (Wildman–Crippen MR) is 61.1 cm³/mol. The highest BCUT2D eigenvalue weighted by atomic mass is 16.4. The zero-order valence-corrected chi connectivity index (χ0v) is 9.87. The fourth-order valence-electron chi connectivity index (χ4n) is 1.39. The molecule has 0 bridgehead atoms. The summed E-state index contributed by atoms with van der Waals surface area (Å²) in [7, 11) is 1.63. The Morgan fingerprint density at radius 3 is 2.41 bits per heavy atom. The molecule has 0 aliphatic rings. The summed E-state index contributed by atoms with van der Waals surface area (Å²) in [6.07, 6.45) is 4.15. The first-order chi connectivity index (χ1) is 8.09. The smallest absolute Gasteiger partial charge is 0.305 e. The Morgan fingerprint density at radius 1 is 1.18 bits per heavy atom. The molecule has 1 N–H and O–H groups in total. The van der Waals surface area contributed by atoms with Crippen LogP contribution >= 0.6 is 0 Å². The summed E-state index contributed by atoms with van der Waals surface area (Å²) in [5.41, 5.74) is 0. The summed E-state index contributed by atoms with van der Waals surface area (Å²) in [6, 6.07) is 5.72. The van der Waals surface area contributed by atoms with E-state index in [-0.39, 0.29) is 18.9 Å². The lowest BCUT2D eigenvalue weighted by Crippen LogP contribution is -2.37. The summed E-state index contributed by atoms with van der Waals surface area (Å²) < 4.78 is 1.92. The van der Waals surface area contributed by atoms with Gasteiger partial charge in [0.05, 0.1) is 12.8 Å². The number of hydrogen-bond acceptors (Lipinski definition) is 2.